The summed E-state index contributed by atoms with van der Waals surface area (Å²) < 4.78 is 12.4. The van der Waals surface area contributed by atoms with Gasteiger partial charge in [-0.25, -0.2) is 0 Å². The number of hydrogen-bond acceptors (Lipinski definition) is 3. The van der Waals surface area contributed by atoms with Crippen LogP contribution < -0.4 is 10.1 Å². The Balaban J connectivity index is 2.72. The maximum absolute atomic E-state index is 6.01. The first-order valence-corrected chi connectivity index (χ1v) is 7.39. The Kier molecular flexibility index (Phi) is 6.83. The van der Waals surface area contributed by atoms with Crippen LogP contribution in [0.4, 0.5) is 0 Å². The summed E-state index contributed by atoms with van der Waals surface area (Å²) in [7, 11) is 1.70. The summed E-state index contributed by atoms with van der Waals surface area (Å²) in [4.78, 5) is 0. The molecule has 0 saturated heterocycles. The molecule has 0 saturated carbocycles. The molecular formula is C15H24BrNO2. The van der Waals surface area contributed by atoms with Crippen molar-refractivity contribution in [3.8, 4) is 5.75 Å². The molecule has 0 aliphatic carbocycles. The van der Waals surface area contributed by atoms with Gasteiger partial charge in [-0.15, -0.1) is 0 Å². The zero-order valence-corrected chi connectivity index (χ0v) is 14.0. The molecule has 0 spiro atoms. The van der Waals surface area contributed by atoms with Crippen molar-refractivity contribution in [3.05, 3.63) is 27.7 Å². The number of benzene rings is 1. The summed E-state index contributed by atoms with van der Waals surface area (Å²) in [6.07, 6.45) is 0.0207. The summed E-state index contributed by atoms with van der Waals surface area (Å²) in [6.45, 7) is 9.74. The fraction of sp³-hybridized carbons (Fsp3) is 0.600. The maximum atomic E-state index is 6.01. The lowest BCUT2D eigenvalue weighted by Gasteiger charge is -2.21. The zero-order chi connectivity index (χ0) is 14.4. The number of hydrogen-bond donors (Lipinski definition) is 1. The summed E-state index contributed by atoms with van der Waals surface area (Å²) in [5.74, 6) is 0.894. The van der Waals surface area contributed by atoms with Gasteiger partial charge in [0.1, 0.15) is 11.9 Å². The molecule has 0 bridgehead atoms. The molecular weight excluding hydrogens is 306 g/mol. The lowest BCUT2D eigenvalue weighted by molar-refractivity contribution is 0.0793. The van der Waals surface area contributed by atoms with E-state index < -0.39 is 0 Å². The monoisotopic (exact) mass is 329 g/mol. The third-order valence-electron chi connectivity index (χ3n) is 2.82. The Morgan fingerprint density at radius 1 is 1.21 bits per heavy atom. The quantitative estimate of drug-likeness (QED) is 0.831. The minimum Gasteiger partial charge on any atom is -0.487 e. The average molecular weight is 330 g/mol. The van der Waals surface area contributed by atoms with Gasteiger partial charge in [-0.1, -0.05) is 29.8 Å². The second-order valence-electron chi connectivity index (χ2n) is 5.13. The fourth-order valence-electron chi connectivity index (χ4n) is 1.85. The lowest BCUT2D eigenvalue weighted by Crippen LogP contribution is -2.38. The van der Waals surface area contributed by atoms with Crippen LogP contribution in [0.5, 0.6) is 5.75 Å². The number of nitrogens with one attached hydrogen (secondary N) is 1. The van der Waals surface area contributed by atoms with E-state index in [1.165, 1.54) is 11.1 Å². The van der Waals surface area contributed by atoms with E-state index in [4.69, 9.17) is 9.47 Å². The minimum atomic E-state index is 0.0207. The Morgan fingerprint density at radius 3 is 2.26 bits per heavy atom. The number of rotatable bonds is 7. The van der Waals surface area contributed by atoms with Crippen LogP contribution in [-0.2, 0) is 4.74 Å². The van der Waals surface area contributed by atoms with E-state index in [1.807, 2.05) is 0 Å². The van der Waals surface area contributed by atoms with E-state index in [9.17, 15) is 0 Å². The van der Waals surface area contributed by atoms with Crippen LogP contribution in [0.2, 0.25) is 0 Å². The van der Waals surface area contributed by atoms with E-state index in [0.717, 1.165) is 16.8 Å². The Morgan fingerprint density at radius 2 is 1.79 bits per heavy atom. The third kappa shape index (κ3) is 5.51. The van der Waals surface area contributed by atoms with E-state index in [1.54, 1.807) is 7.11 Å². The zero-order valence-electron chi connectivity index (χ0n) is 12.4. The summed E-state index contributed by atoms with van der Waals surface area (Å²) in [5.41, 5.74) is 2.37. The van der Waals surface area contributed by atoms with Crippen molar-refractivity contribution in [1.29, 1.82) is 0 Å². The molecule has 19 heavy (non-hydrogen) atoms. The van der Waals surface area contributed by atoms with Crippen LogP contribution in [0, 0.1) is 13.8 Å². The molecule has 0 aliphatic rings. The molecule has 1 unspecified atom stereocenters. The molecule has 0 amide bonds. The predicted molar refractivity (Wildman–Crippen MR) is 83.0 cm³/mol. The third-order valence-corrected chi connectivity index (χ3v) is 4.07. The first kappa shape index (κ1) is 16.5. The van der Waals surface area contributed by atoms with Gasteiger partial charge in [0, 0.05) is 24.2 Å². The summed E-state index contributed by atoms with van der Waals surface area (Å²) in [5, 5.41) is 3.38. The van der Waals surface area contributed by atoms with Gasteiger partial charge in [0.05, 0.1) is 6.61 Å². The van der Waals surface area contributed by atoms with Gasteiger partial charge in [0.2, 0.25) is 0 Å². The van der Waals surface area contributed by atoms with Crippen LogP contribution in [0.15, 0.2) is 16.6 Å². The summed E-state index contributed by atoms with van der Waals surface area (Å²) >= 11 is 3.57. The Labute approximate surface area is 124 Å². The van der Waals surface area contributed by atoms with Crippen molar-refractivity contribution >= 4 is 15.9 Å². The standard InChI is InChI=1S/C15H24BrNO2/c1-10(2)17-8-14(9-18-5)19-13-6-11(3)15(16)12(4)7-13/h6-7,10,14,17H,8-9H2,1-5H3. The largest absolute Gasteiger partial charge is 0.487 e. The predicted octanol–water partition coefficient (Wildman–Crippen LogP) is 3.46. The smallest absolute Gasteiger partial charge is 0.134 e. The molecule has 0 aliphatic heterocycles. The molecule has 0 fully saturated rings. The van der Waals surface area contributed by atoms with Crippen molar-refractivity contribution in [1.82, 2.24) is 5.32 Å². The Hall–Kier alpha value is -0.580. The maximum Gasteiger partial charge on any atom is 0.134 e. The second kappa shape index (κ2) is 7.88. The van der Waals surface area contributed by atoms with Crippen LogP contribution in [0.25, 0.3) is 0 Å². The number of methoxy groups -OCH3 is 1. The van der Waals surface area contributed by atoms with Gasteiger partial charge in [-0.05, 0) is 37.1 Å². The Bertz CT molecular complexity index is 384. The molecule has 108 valence electrons. The van der Waals surface area contributed by atoms with E-state index in [-0.39, 0.29) is 6.10 Å². The van der Waals surface area contributed by atoms with Crippen molar-refractivity contribution in [2.24, 2.45) is 0 Å². The van der Waals surface area contributed by atoms with Gasteiger partial charge < -0.3 is 14.8 Å². The van der Waals surface area contributed by atoms with Gasteiger partial charge in [0.15, 0.2) is 0 Å². The minimum absolute atomic E-state index is 0.0207. The molecule has 0 heterocycles. The van der Waals surface area contributed by atoms with Crippen LogP contribution >= 0.6 is 15.9 Å². The molecule has 1 aromatic rings. The van der Waals surface area contributed by atoms with Crippen molar-refractivity contribution in [2.75, 3.05) is 20.3 Å². The topological polar surface area (TPSA) is 30.5 Å². The highest BCUT2D eigenvalue weighted by Gasteiger charge is 2.12. The second-order valence-corrected chi connectivity index (χ2v) is 5.92. The van der Waals surface area contributed by atoms with Crippen molar-refractivity contribution < 1.29 is 9.47 Å². The van der Waals surface area contributed by atoms with Gasteiger partial charge in [-0.3, -0.25) is 0 Å². The average Bonchev–Trinajstić information content (AvgIpc) is 2.33. The molecule has 1 aromatic carbocycles. The lowest BCUT2D eigenvalue weighted by atomic mass is 10.1. The molecule has 1 N–H and O–H groups in total. The molecule has 4 heteroatoms. The van der Waals surface area contributed by atoms with Crippen LogP contribution in [0.3, 0.4) is 0 Å². The van der Waals surface area contributed by atoms with Crippen molar-refractivity contribution in [2.45, 2.75) is 39.8 Å². The highest BCUT2D eigenvalue weighted by molar-refractivity contribution is 9.10. The summed E-state index contributed by atoms with van der Waals surface area (Å²) in [6, 6.07) is 4.54. The van der Waals surface area contributed by atoms with Crippen molar-refractivity contribution in [3.63, 3.8) is 0 Å². The molecule has 1 atom stereocenters. The van der Waals surface area contributed by atoms with E-state index >= 15 is 0 Å². The SMILES string of the molecule is COCC(CNC(C)C)Oc1cc(C)c(Br)c(C)c1. The van der Waals surface area contributed by atoms with E-state index in [2.05, 4.69) is 61.1 Å². The van der Waals surface area contributed by atoms with Crippen LogP contribution in [0.1, 0.15) is 25.0 Å². The van der Waals surface area contributed by atoms with Gasteiger partial charge >= 0.3 is 0 Å². The normalized spacial score (nSPS) is 12.8. The first-order chi connectivity index (χ1) is 8.93. The molecule has 0 radical (unpaired) electrons. The molecule has 1 rings (SSSR count). The fourth-order valence-corrected chi connectivity index (χ4v) is 2.08. The first-order valence-electron chi connectivity index (χ1n) is 6.59. The number of halogens is 1. The highest BCUT2D eigenvalue weighted by Crippen LogP contribution is 2.26. The highest BCUT2D eigenvalue weighted by atomic mass is 79.9. The molecule has 3 nitrogen and oxygen atoms in total. The van der Waals surface area contributed by atoms with Crippen LogP contribution in [-0.4, -0.2) is 32.4 Å². The number of ether oxygens (including phenoxy) is 2. The number of aryl methyl sites for hydroxylation is 2. The van der Waals surface area contributed by atoms with Gasteiger partial charge in [0.25, 0.3) is 0 Å². The van der Waals surface area contributed by atoms with E-state index in [0.29, 0.717) is 12.6 Å². The molecule has 0 aromatic heterocycles. The van der Waals surface area contributed by atoms with Gasteiger partial charge in [-0.2, -0.15) is 0 Å².